The van der Waals surface area contributed by atoms with Crippen LogP contribution >= 0.6 is 11.3 Å². The first-order chi connectivity index (χ1) is 8.90. The van der Waals surface area contributed by atoms with Gasteiger partial charge in [0.15, 0.2) is 0 Å². The molecule has 2 aromatic rings. The molecule has 3 heterocycles. The predicted molar refractivity (Wildman–Crippen MR) is 75.3 cm³/mol. The van der Waals surface area contributed by atoms with E-state index in [1.165, 1.54) is 22.1 Å². The highest BCUT2D eigenvalue weighted by atomic mass is 32.1. The zero-order valence-corrected chi connectivity index (χ0v) is 11.1. The summed E-state index contributed by atoms with van der Waals surface area (Å²) in [5.41, 5.74) is 1.81. The molecular formula is C15H17NOS. The van der Waals surface area contributed by atoms with Crippen molar-refractivity contribution >= 4 is 21.4 Å². The minimum atomic E-state index is 0.281. The number of hydrogen-bond acceptors (Lipinski definition) is 3. The van der Waals surface area contributed by atoms with Gasteiger partial charge in [0.25, 0.3) is 0 Å². The Morgan fingerprint density at radius 1 is 1.28 bits per heavy atom. The van der Waals surface area contributed by atoms with Crippen molar-refractivity contribution in [1.29, 1.82) is 0 Å². The molecule has 18 heavy (non-hydrogen) atoms. The maximum atomic E-state index is 5.60. The van der Waals surface area contributed by atoms with Crippen molar-refractivity contribution in [2.45, 2.75) is 11.8 Å². The van der Waals surface area contributed by atoms with E-state index in [2.05, 4.69) is 35.0 Å². The van der Waals surface area contributed by atoms with Gasteiger partial charge in [-0.05, 0) is 47.8 Å². The third-order valence-corrected chi connectivity index (χ3v) is 5.54. The maximum absolute atomic E-state index is 5.60. The van der Waals surface area contributed by atoms with E-state index in [9.17, 15) is 0 Å². The largest absolute Gasteiger partial charge is 0.379 e. The van der Waals surface area contributed by atoms with Crippen LogP contribution in [0.4, 0.5) is 0 Å². The van der Waals surface area contributed by atoms with Gasteiger partial charge in [0.05, 0.1) is 13.2 Å². The van der Waals surface area contributed by atoms with Gasteiger partial charge < -0.3 is 10.1 Å². The number of benzene rings is 1. The van der Waals surface area contributed by atoms with E-state index in [0.717, 1.165) is 32.2 Å². The highest BCUT2D eigenvalue weighted by Gasteiger charge is 2.48. The van der Waals surface area contributed by atoms with Crippen LogP contribution in [0.3, 0.4) is 0 Å². The van der Waals surface area contributed by atoms with Gasteiger partial charge >= 0.3 is 0 Å². The lowest BCUT2D eigenvalue weighted by molar-refractivity contribution is -0.0859. The molecule has 2 fully saturated rings. The van der Waals surface area contributed by atoms with Crippen LogP contribution in [0.1, 0.15) is 12.0 Å². The molecule has 0 bridgehead atoms. The molecule has 1 aromatic heterocycles. The third kappa shape index (κ3) is 1.41. The Balaban J connectivity index is 1.84. The number of rotatable bonds is 2. The fourth-order valence-electron chi connectivity index (χ4n) is 3.42. The first-order valence-corrected chi connectivity index (χ1v) is 7.53. The van der Waals surface area contributed by atoms with E-state index in [1.54, 1.807) is 0 Å². The summed E-state index contributed by atoms with van der Waals surface area (Å²) < 4.78 is 7.01. The topological polar surface area (TPSA) is 21.3 Å². The summed E-state index contributed by atoms with van der Waals surface area (Å²) in [6, 6.07) is 8.77. The fourth-order valence-corrected chi connectivity index (χ4v) is 4.49. The molecule has 1 N–H and O–H groups in total. The van der Waals surface area contributed by atoms with Crippen molar-refractivity contribution in [3.8, 4) is 0 Å². The van der Waals surface area contributed by atoms with Crippen LogP contribution in [0.25, 0.3) is 10.1 Å². The summed E-state index contributed by atoms with van der Waals surface area (Å²) in [4.78, 5) is 0. The quantitative estimate of drug-likeness (QED) is 0.895. The number of hydrogen-bond donors (Lipinski definition) is 1. The Labute approximate surface area is 111 Å². The van der Waals surface area contributed by atoms with Crippen LogP contribution in [-0.2, 0) is 10.2 Å². The number of ether oxygens (including phenoxy) is 1. The van der Waals surface area contributed by atoms with Gasteiger partial charge in [-0.3, -0.25) is 0 Å². The van der Waals surface area contributed by atoms with Gasteiger partial charge in [-0.1, -0.05) is 18.2 Å². The minimum Gasteiger partial charge on any atom is -0.379 e. The highest BCUT2D eigenvalue weighted by molar-refractivity contribution is 7.17. The molecule has 2 aliphatic rings. The molecule has 2 saturated heterocycles. The van der Waals surface area contributed by atoms with Crippen molar-refractivity contribution in [3.63, 3.8) is 0 Å². The second-order valence-corrected chi connectivity index (χ2v) is 6.40. The average molecular weight is 259 g/mol. The van der Waals surface area contributed by atoms with Crippen LogP contribution < -0.4 is 5.32 Å². The Morgan fingerprint density at radius 3 is 2.89 bits per heavy atom. The molecule has 0 spiro atoms. The molecule has 2 aliphatic heterocycles. The van der Waals surface area contributed by atoms with Crippen LogP contribution in [0, 0.1) is 5.92 Å². The van der Waals surface area contributed by atoms with Gasteiger partial charge in [0.2, 0.25) is 0 Å². The molecule has 0 saturated carbocycles. The number of nitrogens with one attached hydrogen (secondary N) is 1. The molecule has 1 aromatic carbocycles. The highest BCUT2D eigenvalue weighted by Crippen LogP contribution is 2.46. The normalized spacial score (nSPS) is 26.3. The number of thiophene rings is 1. The summed E-state index contributed by atoms with van der Waals surface area (Å²) in [5.74, 6) is 0.740. The Kier molecular flexibility index (Phi) is 2.47. The van der Waals surface area contributed by atoms with Gasteiger partial charge in [0.1, 0.15) is 0 Å². The lowest BCUT2D eigenvalue weighted by Gasteiger charge is -2.46. The molecule has 1 atom stereocenters. The average Bonchev–Trinajstić information content (AvgIpc) is 2.98. The van der Waals surface area contributed by atoms with E-state index >= 15 is 0 Å². The third-order valence-electron chi connectivity index (χ3n) is 4.58. The first-order valence-electron chi connectivity index (χ1n) is 6.65. The van der Waals surface area contributed by atoms with Crippen LogP contribution in [0.5, 0.6) is 0 Å². The van der Waals surface area contributed by atoms with Crippen LogP contribution in [-0.4, -0.2) is 26.3 Å². The van der Waals surface area contributed by atoms with E-state index in [4.69, 9.17) is 4.74 Å². The van der Waals surface area contributed by atoms with Gasteiger partial charge in [-0.2, -0.15) is 0 Å². The summed E-state index contributed by atoms with van der Waals surface area (Å²) in [6.45, 7) is 4.11. The van der Waals surface area contributed by atoms with E-state index in [0.29, 0.717) is 0 Å². The molecular weight excluding hydrogens is 242 g/mol. The summed E-state index contributed by atoms with van der Waals surface area (Å²) in [6.07, 6.45) is 1.29. The lowest BCUT2D eigenvalue weighted by atomic mass is 9.68. The molecule has 94 valence electrons. The zero-order chi connectivity index (χ0) is 12.0. The zero-order valence-electron chi connectivity index (χ0n) is 10.3. The van der Waals surface area contributed by atoms with Crippen LogP contribution in [0.2, 0.25) is 0 Å². The molecule has 2 nitrogen and oxygen atoms in total. The standard InChI is InChI=1S/C15H17NOS/c1-2-4-14-12(3-1)13(8-18-14)15(9-17-10-15)11-5-6-16-7-11/h1-4,8,11,16H,5-7,9-10H2. The molecule has 3 heteroatoms. The van der Waals surface area contributed by atoms with Gasteiger partial charge in [-0.25, -0.2) is 0 Å². The first kappa shape index (κ1) is 11.0. The SMILES string of the molecule is c1ccc2c(C3(C4CCNC4)COC3)csc2c1. The summed E-state index contributed by atoms with van der Waals surface area (Å²) in [5, 5.41) is 7.31. The Hall–Kier alpha value is -0.900. The van der Waals surface area contributed by atoms with Crippen LogP contribution in [0.15, 0.2) is 29.6 Å². The fraction of sp³-hybridized carbons (Fsp3) is 0.467. The van der Waals surface area contributed by atoms with E-state index in [-0.39, 0.29) is 5.41 Å². The Bertz CT molecular complexity index is 567. The number of fused-ring (bicyclic) bond motifs is 1. The monoisotopic (exact) mass is 259 g/mol. The summed E-state index contributed by atoms with van der Waals surface area (Å²) >= 11 is 1.87. The van der Waals surface area contributed by atoms with Crippen molar-refractivity contribution in [3.05, 3.63) is 35.2 Å². The van der Waals surface area contributed by atoms with Gasteiger partial charge in [-0.15, -0.1) is 11.3 Å². The van der Waals surface area contributed by atoms with E-state index < -0.39 is 0 Å². The summed E-state index contributed by atoms with van der Waals surface area (Å²) in [7, 11) is 0. The second kappa shape index (κ2) is 4.05. The predicted octanol–water partition coefficient (Wildman–Crippen LogP) is 2.78. The van der Waals surface area contributed by atoms with Crippen molar-refractivity contribution in [1.82, 2.24) is 5.32 Å². The molecule has 1 unspecified atom stereocenters. The smallest absolute Gasteiger partial charge is 0.0589 e. The molecule has 4 rings (SSSR count). The van der Waals surface area contributed by atoms with E-state index in [1.807, 2.05) is 11.3 Å². The molecule has 0 radical (unpaired) electrons. The van der Waals surface area contributed by atoms with Crippen molar-refractivity contribution in [2.24, 2.45) is 5.92 Å². The lowest BCUT2D eigenvalue weighted by Crippen LogP contribution is -2.52. The minimum absolute atomic E-state index is 0.281. The maximum Gasteiger partial charge on any atom is 0.0589 e. The Morgan fingerprint density at radius 2 is 2.17 bits per heavy atom. The molecule has 0 aliphatic carbocycles. The van der Waals surface area contributed by atoms with Crippen molar-refractivity contribution in [2.75, 3.05) is 26.3 Å². The van der Waals surface area contributed by atoms with Gasteiger partial charge in [0, 0.05) is 10.1 Å². The van der Waals surface area contributed by atoms with Crippen molar-refractivity contribution < 1.29 is 4.74 Å². The second-order valence-electron chi connectivity index (χ2n) is 5.48. The molecule has 0 amide bonds.